The largest absolute Gasteiger partial charge is 0.481 e. The lowest BCUT2D eigenvalue weighted by molar-refractivity contribution is -0.143. The van der Waals surface area contributed by atoms with Crippen molar-refractivity contribution in [1.82, 2.24) is 0 Å². The smallest absolute Gasteiger partial charge is 0.314 e. The molecule has 2 aliphatic rings. The molecule has 1 fully saturated rings. The van der Waals surface area contributed by atoms with E-state index in [1.54, 1.807) is 12.1 Å². The van der Waals surface area contributed by atoms with Gasteiger partial charge in [0.2, 0.25) is 5.91 Å². The zero-order chi connectivity index (χ0) is 13.6. The summed E-state index contributed by atoms with van der Waals surface area (Å²) in [6, 6.07) is 3.44. The molecule has 1 saturated carbocycles. The maximum atomic E-state index is 11.8. The fraction of sp³-hybridized carbons (Fsp3) is 0.429. The van der Waals surface area contributed by atoms with Crippen LogP contribution < -0.4 is 5.32 Å². The highest BCUT2D eigenvalue weighted by Gasteiger charge is 2.45. The molecule has 1 heterocycles. The van der Waals surface area contributed by atoms with E-state index in [0.717, 1.165) is 18.4 Å². The van der Waals surface area contributed by atoms with Crippen LogP contribution in [0.4, 0.5) is 5.69 Å². The monoisotopic (exact) mass is 279 g/mol. The predicted octanol–water partition coefficient (Wildman–Crippen LogP) is 2.73. The second kappa shape index (κ2) is 4.23. The number of amides is 1. The molecule has 1 amide bonds. The zero-order valence-electron chi connectivity index (χ0n) is 10.3. The lowest BCUT2D eigenvalue weighted by atomic mass is 9.77. The number of anilines is 1. The standard InChI is InChI=1S/C14H14ClNO3/c15-9-5-8-6-11(17)16-12(8)10(7-9)14(13(18)19)3-1-2-4-14/h5,7H,1-4,6H2,(H,16,17)(H,18,19). The van der Waals surface area contributed by atoms with E-state index in [1.165, 1.54) is 0 Å². The Balaban J connectivity index is 2.20. The predicted molar refractivity (Wildman–Crippen MR) is 71.6 cm³/mol. The quantitative estimate of drug-likeness (QED) is 0.875. The van der Waals surface area contributed by atoms with Crippen molar-refractivity contribution in [3.05, 3.63) is 28.3 Å². The van der Waals surface area contributed by atoms with Crippen LogP contribution in [0, 0.1) is 0 Å². The summed E-state index contributed by atoms with van der Waals surface area (Å²) in [5.74, 6) is -0.923. The van der Waals surface area contributed by atoms with Gasteiger partial charge in [0, 0.05) is 10.7 Å². The topological polar surface area (TPSA) is 66.4 Å². The second-order valence-electron chi connectivity index (χ2n) is 5.31. The minimum absolute atomic E-state index is 0.1000. The molecule has 0 radical (unpaired) electrons. The lowest BCUT2D eigenvalue weighted by Gasteiger charge is -2.27. The van der Waals surface area contributed by atoms with Crippen molar-refractivity contribution in [1.29, 1.82) is 0 Å². The Morgan fingerprint density at radius 2 is 2.00 bits per heavy atom. The van der Waals surface area contributed by atoms with E-state index in [2.05, 4.69) is 5.32 Å². The minimum atomic E-state index is -0.896. The number of hydrogen-bond acceptors (Lipinski definition) is 2. The van der Waals surface area contributed by atoms with Gasteiger partial charge in [-0.15, -0.1) is 0 Å². The maximum absolute atomic E-state index is 11.8. The zero-order valence-corrected chi connectivity index (χ0v) is 11.1. The number of carboxylic acid groups (broad SMARTS) is 1. The van der Waals surface area contributed by atoms with Crippen LogP contribution in [0.15, 0.2) is 12.1 Å². The Kier molecular flexibility index (Phi) is 2.78. The van der Waals surface area contributed by atoms with Crippen molar-refractivity contribution < 1.29 is 14.7 Å². The molecule has 0 bridgehead atoms. The molecular weight excluding hydrogens is 266 g/mol. The molecule has 1 aliphatic heterocycles. The summed E-state index contributed by atoms with van der Waals surface area (Å²) in [4.78, 5) is 23.3. The summed E-state index contributed by atoms with van der Waals surface area (Å²) in [5.41, 5.74) is 1.25. The van der Waals surface area contributed by atoms with Crippen molar-refractivity contribution in [2.24, 2.45) is 0 Å². The Bertz CT molecular complexity index is 576. The number of halogens is 1. The van der Waals surface area contributed by atoms with Crippen molar-refractivity contribution in [2.45, 2.75) is 37.5 Å². The van der Waals surface area contributed by atoms with Gasteiger partial charge in [0.05, 0.1) is 11.8 Å². The first-order valence-corrected chi connectivity index (χ1v) is 6.77. The number of carbonyl (C=O) groups is 2. The lowest BCUT2D eigenvalue weighted by Crippen LogP contribution is -2.33. The van der Waals surface area contributed by atoms with Crippen LogP contribution in [-0.4, -0.2) is 17.0 Å². The SMILES string of the molecule is O=C1Cc2cc(Cl)cc(C3(C(=O)O)CCCC3)c2N1. The van der Waals surface area contributed by atoms with E-state index < -0.39 is 11.4 Å². The average Bonchev–Trinajstić information content (AvgIpc) is 2.93. The van der Waals surface area contributed by atoms with E-state index >= 15 is 0 Å². The molecule has 1 aliphatic carbocycles. The number of aliphatic carboxylic acids is 1. The van der Waals surface area contributed by atoms with E-state index in [9.17, 15) is 14.7 Å². The summed E-state index contributed by atoms with van der Waals surface area (Å²) >= 11 is 6.09. The number of benzene rings is 1. The molecular formula is C14H14ClNO3. The van der Waals surface area contributed by atoms with Crippen LogP contribution in [-0.2, 0) is 21.4 Å². The maximum Gasteiger partial charge on any atom is 0.314 e. The van der Waals surface area contributed by atoms with Crippen LogP contribution in [0.25, 0.3) is 0 Å². The molecule has 100 valence electrons. The van der Waals surface area contributed by atoms with Crippen LogP contribution in [0.2, 0.25) is 5.02 Å². The van der Waals surface area contributed by atoms with Gasteiger partial charge in [-0.2, -0.15) is 0 Å². The summed E-state index contributed by atoms with van der Waals surface area (Å²) in [5, 5.41) is 12.9. The molecule has 1 aromatic rings. The van der Waals surface area contributed by atoms with Gasteiger partial charge >= 0.3 is 5.97 Å². The normalized spacial score (nSPS) is 20.2. The van der Waals surface area contributed by atoms with E-state index in [0.29, 0.717) is 29.1 Å². The summed E-state index contributed by atoms with van der Waals surface area (Å²) in [6.07, 6.45) is 3.26. The summed E-state index contributed by atoms with van der Waals surface area (Å²) < 4.78 is 0. The molecule has 5 heteroatoms. The fourth-order valence-corrected chi connectivity index (χ4v) is 3.50. The van der Waals surface area contributed by atoms with Gasteiger partial charge in [0.25, 0.3) is 0 Å². The number of fused-ring (bicyclic) bond motifs is 1. The van der Waals surface area contributed by atoms with Crippen molar-refractivity contribution >= 4 is 29.2 Å². The number of rotatable bonds is 2. The van der Waals surface area contributed by atoms with Gasteiger partial charge in [-0.05, 0) is 36.1 Å². The van der Waals surface area contributed by atoms with E-state index in [1.807, 2.05) is 0 Å². The Hall–Kier alpha value is -1.55. The molecule has 0 aromatic heterocycles. The average molecular weight is 280 g/mol. The van der Waals surface area contributed by atoms with E-state index in [-0.39, 0.29) is 12.3 Å². The molecule has 3 rings (SSSR count). The third-order valence-corrected chi connectivity index (χ3v) is 4.40. The first-order chi connectivity index (χ1) is 9.03. The summed E-state index contributed by atoms with van der Waals surface area (Å²) in [6.45, 7) is 0. The Morgan fingerprint density at radius 1 is 1.32 bits per heavy atom. The van der Waals surface area contributed by atoms with Crippen LogP contribution in [0.3, 0.4) is 0 Å². The minimum Gasteiger partial charge on any atom is -0.481 e. The highest BCUT2D eigenvalue weighted by Crippen LogP contribution is 2.47. The second-order valence-corrected chi connectivity index (χ2v) is 5.74. The van der Waals surface area contributed by atoms with Gasteiger partial charge in [-0.1, -0.05) is 24.4 Å². The summed E-state index contributed by atoms with van der Waals surface area (Å²) in [7, 11) is 0. The third-order valence-electron chi connectivity index (χ3n) is 4.18. The number of hydrogen-bond donors (Lipinski definition) is 2. The van der Waals surface area contributed by atoms with Crippen molar-refractivity contribution in [3.8, 4) is 0 Å². The Labute approximate surface area is 115 Å². The van der Waals surface area contributed by atoms with E-state index in [4.69, 9.17) is 11.6 Å². The van der Waals surface area contributed by atoms with Crippen LogP contribution in [0.5, 0.6) is 0 Å². The van der Waals surface area contributed by atoms with Gasteiger partial charge in [0.15, 0.2) is 0 Å². The molecule has 2 N–H and O–H groups in total. The van der Waals surface area contributed by atoms with Crippen LogP contribution >= 0.6 is 11.6 Å². The Morgan fingerprint density at radius 3 is 2.63 bits per heavy atom. The molecule has 0 saturated heterocycles. The van der Waals surface area contributed by atoms with Gasteiger partial charge in [0.1, 0.15) is 0 Å². The van der Waals surface area contributed by atoms with Crippen molar-refractivity contribution in [2.75, 3.05) is 5.32 Å². The van der Waals surface area contributed by atoms with Crippen LogP contribution in [0.1, 0.15) is 36.8 Å². The molecule has 0 atom stereocenters. The number of carboxylic acids is 1. The van der Waals surface area contributed by atoms with Crippen molar-refractivity contribution in [3.63, 3.8) is 0 Å². The van der Waals surface area contributed by atoms with Gasteiger partial charge in [-0.25, -0.2) is 0 Å². The fourth-order valence-electron chi connectivity index (χ4n) is 3.26. The third kappa shape index (κ3) is 1.82. The number of carbonyl (C=O) groups excluding carboxylic acids is 1. The molecule has 1 aromatic carbocycles. The first kappa shape index (κ1) is 12.5. The highest BCUT2D eigenvalue weighted by molar-refractivity contribution is 6.31. The van der Waals surface area contributed by atoms with Gasteiger partial charge < -0.3 is 10.4 Å². The van der Waals surface area contributed by atoms with Gasteiger partial charge in [-0.3, -0.25) is 9.59 Å². The first-order valence-electron chi connectivity index (χ1n) is 6.39. The molecule has 4 nitrogen and oxygen atoms in total. The molecule has 0 unspecified atom stereocenters. The number of nitrogens with one attached hydrogen (secondary N) is 1. The highest BCUT2D eigenvalue weighted by atomic mass is 35.5. The molecule has 0 spiro atoms. The molecule has 19 heavy (non-hydrogen) atoms.